The minimum atomic E-state index is -0.740. The SMILES string of the molecule is CC1CCN(CCC(C)(C)O)C1C(=O)O. The van der Waals surface area contributed by atoms with Crippen molar-refractivity contribution in [3.63, 3.8) is 0 Å². The van der Waals surface area contributed by atoms with E-state index in [1.807, 2.05) is 11.8 Å². The highest BCUT2D eigenvalue weighted by atomic mass is 16.4. The fourth-order valence-electron chi connectivity index (χ4n) is 2.09. The van der Waals surface area contributed by atoms with E-state index in [1.165, 1.54) is 0 Å². The van der Waals surface area contributed by atoms with Gasteiger partial charge in [-0.25, -0.2) is 0 Å². The first-order chi connectivity index (χ1) is 6.81. The molecule has 1 rings (SSSR count). The molecule has 0 amide bonds. The average Bonchev–Trinajstić information content (AvgIpc) is 2.42. The Balaban J connectivity index is 2.51. The molecule has 1 saturated heterocycles. The molecule has 0 aliphatic carbocycles. The maximum absolute atomic E-state index is 11.0. The van der Waals surface area contributed by atoms with Crippen molar-refractivity contribution in [3.05, 3.63) is 0 Å². The molecule has 0 bridgehead atoms. The molecule has 2 atom stereocenters. The molecule has 0 aromatic carbocycles. The highest BCUT2D eigenvalue weighted by Gasteiger charge is 2.36. The molecular weight excluding hydrogens is 194 g/mol. The molecule has 0 aromatic heterocycles. The van der Waals surface area contributed by atoms with E-state index in [1.54, 1.807) is 13.8 Å². The number of likely N-dealkylation sites (tertiary alicyclic amines) is 1. The summed E-state index contributed by atoms with van der Waals surface area (Å²) in [7, 11) is 0. The summed E-state index contributed by atoms with van der Waals surface area (Å²) >= 11 is 0. The zero-order valence-corrected chi connectivity index (χ0v) is 9.73. The van der Waals surface area contributed by atoms with E-state index in [-0.39, 0.29) is 12.0 Å². The van der Waals surface area contributed by atoms with Gasteiger partial charge in [-0.05, 0) is 39.2 Å². The Kier molecular flexibility index (Phi) is 3.73. The normalized spacial score (nSPS) is 28.3. The molecule has 2 unspecified atom stereocenters. The second-order valence-electron chi connectivity index (χ2n) is 5.15. The second kappa shape index (κ2) is 4.49. The Morgan fingerprint density at radius 3 is 2.60 bits per heavy atom. The van der Waals surface area contributed by atoms with Crippen LogP contribution in [0.5, 0.6) is 0 Å². The lowest BCUT2D eigenvalue weighted by Crippen LogP contribution is -2.41. The molecule has 1 fully saturated rings. The molecule has 0 radical (unpaired) electrons. The quantitative estimate of drug-likeness (QED) is 0.732. The number of carbonyl (C=O) groups is 1. The summed E-state index contributed by atoms with van der Waals surface area (Å²) in [6, 6.07) is -0.368. The fraction of sp³-hybridized carbons (Fsp3) is 0.909. The van der Waals surface area contributed by atoms with Gasteiger partial charge < -0.3 is 10.2 Å². The van der Waals surface area contributed by atoms with Gasteiger partial charge >= 0.3 is 5.97 Å². The first-order valence-corrected chi connectivity index (χ1v) is 5.50. The third-order valence-electron chi connectivity index (χ3n) is 3.07. The van der Waals surface area contributed by atoms with E-state index in [2.05, 4.69) is 0 Å². The van der Waals surface area contributed by atoms with E-state index in [4.69, 9.17) is 5.11 Å². The van der Waals surface area contributed by atoms with Crippen molar-refractivity contribution in [2.24, 2.45) is 5.92 Å². The molecule has 1 aliphatic rings. The molecule has 4 nitrogen and oxygen atoms in total. The van der Waals surface area contributed by atoms with Crippen LogP contribution in [-0.2, 0) is 4.79 Å². The van der Waals surface area contributed by atoms with Gasteiger partial charge in [0.2, 0.25) is 0 Å². The van der Waals surface area contributed by atoms with Crippen molar-refractivity contribution in [1.29, 1.82) is 0 Å². The summed E-state index contributed by atoms with van der Waals surface area (Å²) in [5.74, 6) is -0.528. The highest BCUT2D eigenvalue weighted by molar-refractivity contribution is 5.74. The van der Waals surface area contributed by atoms with Gasteiger partial charge in [0.15, 0.2) is 0 Å². The van der Waals surface area contributed by atoms with Crippen LogP contribution in [-0.4, -0.2) is 45.8 Å². The van der Waals surface area contributed by atoms with Crippen LogP contribution in [0.15, 0.2) is 0 Å². The third-order valence-corrected chi connectivity index (χ3v) is 3.07. The van der Waals surface area contributed by atoms with Crippen molar-refractivity contribution in [2.75, 3.05) is 13.1 Å². The Hall–Kier alpha value is -0.610. The highest BCUT2D eigenvalue weighted by Crippen LogP contribution is 2.25. The smallest absolute Gasteiger partial charge is 0.321 e. The van der Waals surface area contributed by atoms with Crippen molar-refractivity contribution in [3.8, 4) is 0 Å². The predicted octanol–water partition coefficient (Wildman–Crippen LogP) is 0.942. The number of nitrogens with zero attached hydrogens (tertiary/aromatic N) is 1. The first-order valence-electron chi connectivity index (χ1n) is 5.50. The average molecular weight is 215 g/mol. The minimum Gasteiger partial charge on any atom is -0.480 e. The molecule has 88 valence electrons. The number of hydrogen-bond acceptors (Lipinski definition) is 3. The number of aliphatic hydroxyl groups is 1. The lowest BCUT2D eigenvalue weighted by Gasteiger charge is -2.26. The Morgan fingerprint density at radius 2 is 2.13 bits per heavy atom. The van der Waals surface area contributed by atoms with E-state index in [9.17, 15) is 9.90 Å². The zero-order valence-electron chi connectivity index (χ0n) is 9.73. The second-order valence-corrected chi connectivity index (χ2v) is 5.15. The molecule has 0 aromatic rings. The molecule has 15 heavy (non-hydrogen) atoms. The lowest BCUT2D eigenvalue weighted by molar-refractivity contribution is -0.143. The summed E-state index contributed by atoms with van der Waals surface area (Å²) < 4.78 is 0. The van der Waals surface area contributed by atoms with Crippen LogP contribution in [0.4, 0.5) is 0 Å². The summed E-state index contributed by atoms with van der Waals surface area (Å²) in [6.45, 7) is 6.96. The predicted molar refractivity (Wildman–Crippen MR) is 57.7 cm³/mol. The van der Waals surface area contributed by atoms with Gasteiger partial charge in [-0.15, -0.1) is 0 Å². The molecule has 2 N–H and O–H groups in total. The molecule has 1 heterocycles. The van der Waals surface area contributed by atoms with E-state index in [0.717, 1.165) is 13.0 Å². The van der Waals surface area contributed by atoms with Crippen LogP contribution in [0.3, 0.4) is 0 Å². The third kappa shape index (κ3) is 3.47. The number of aliphatic carboxylic acids is 1. The molecule has 0 spiro atoms. The molecule has 4 heteroatoms. The lowest BCUT2D eigenvalue weighted by atomic mass is 10.0. The van der Waals surface area contributed by atoms with Crippen molar-refractivity contribution in [2.45, 2.75) is 45.3 Å². The van der Waals surface area contributed by atoms with Crippen LogP contribution >= 0.6 is 0 Å². The van der Waals surface area contributed by atoms with E-state index >= 15 is 0 Å². The molecular formula is C11H21NO3. The standard InChI is InChI=1S/C11H21NO3/c1-8-4-6-12(9(8)10(13)14)7-5-11(2,3)15/h8-9,15H,4-7H2,1-3H3,(H,13,14). The van der Waals surface area contributed by atoms with Crippen molar-refractivity contribution in [1.82, 2.24) is 4.90 Å². The largest absolute Gasteiger partial charge is 0.480 e. The van der Waals surface area contributed by atoms with Gasteiger partial charge in [0.25, 0.3) is 0 Å². The number of hydrogen-bond donors (Lipinski definition) is 2. The van der Waals surface area contributed by atoms with Gasteiger partial charge in [-0.2, -0.15) is 0 Å². The molecule has 1 aliphatic heterocycles. The summed E-state index contributed by atoms with van der Waals surface area (Å²) in [6.07, 6.45) is 1.55. The summed E-state index contributed by atoms with van der Waals surface area (Å²) in [5.41, 5.74) is -0.713. The van der Waals surface area contributed by atoms with E-state index < -0.39 is 11.6 Å². The topological polar surface area (TPSA) is 60.8 Å². The van der Waals surface area contributed by atoms with Crippen molar-refractivity contribution >= 4 is 5.97 Å². The van der Waals surface area contributed by atoms with Gasteiger partial charge in [0, 0.05) is 6.54 Å². The minimum absolute atomic E-state index is 0.212. The molecule has 0 saturated carbocycles. The van der Waals surface area contributed by atoms with Gasteiger partial charge in [0.1, 0.15) is 6.04 Å². The monoisotopic (exact) mass is 215 g/mol. The number of carboxylic acids is 1. The van der Waals surface area contributed by atoms with Crippen LogP contribution in [0, 0.1) is 5.92 Å². The van der Waals surface area contributed by atoms with Crippen LogP contribution in [0.1, 0.15) is 33.6 Å². The van der Waals surface area contributed by atoms with Crippen LogP contribution in [0.2, 0.25) is 0 Å². The van der Waals surface area contributed by atoms with Gasteiger partial charge in [-0.1, -0.05) is 6.92 Å². The Bertz CT molecular complexity index is 234. The first kappa shape index (κ1) is 12.5. The number of rotatable bonds is 4. The van der Waals surface area contributed by atoms with Gasteiger partial charge in [-0.3, -0.25) is 9.69 Å². The van der Waals surface area contributed by atoms with Crippen LogP contribution < -0.4 is 0 Å². The van der Waals surface area contributed by atoms with E-state index in [0.29, 0.717) is 13.0 Å². The summed E-state index contributed by atoms with van der Waals surface area (Å²) in [5, 5.41) is 18.7. The maximum atomic E-state index is 11.0. The zero-order chi connectivity index (χ0) is 11.6. The maximum Gasteiger partial charge on any atom is 0.321 e. The summed E-state index contributed by atoms with van der Waals surface area (Å²) in [4.78, 5) is 13.0. The van der Waals surface area contributed by atoms with Crippen LogP contribution in [0.25, 0.3) is 0 Å². The number of carboxylic acid groups (broad SMARTS) is 1. The Labute approximate surface area is 90.9 Å². The fourth-order valence-corrected chi connectivity index (χ4v) is 2.09. The van der Waals surface area contributed by atoms with Gasteiger partial charge in [0.05, 0.1) is 5.60 Å². The Morgan fingerprint density at radius 1 is 1.53 bits per heavy atom. The van der Waals surface area contributed by atoms with Crippen molar-refractivity contribution < 1.29 is 15.0 Å².